The van der Waals surface area contributed by atoms with Gasteiger partial charge in [-0.3, -0.25) is 0 Å². The van der Waals surface area contributed by atoms with E-state index in [0.717, 1.165) is 4.47 Å². The molecule has 0 aliphatic carbocycles. The molecule has 102 valence electrons. The second kappa shape index (κ2) is 5.93. The molecule has 0 saturated carbocycles. The maximum Gasteiger partial charge on any atom is 0.405 e. The van der Waals surface area contributed by atoms with Crippen LogP contribution in [0.25, 0.3) is 0 Å². The van der Waals surface area contributed by atoms with E-state index in [4.69, 9.17) is 5.73 Å². The van der Waals surface area contributed by atoms with Gasteiger partial charge in [-0.05, 0) is 31.5 Å². The lowest BCUT2D eigenvalue weighted by Crippen LogP contribution is -2.39. The van der Waals surface area contributed by atoms with E-state index in [1.54, 1.807) is 32.0 Å². The fourth-order valence-electron chi connectivity index (χ4n) is 1.72. The summed E-state index contributed by atoms with van der Waals surface area (Å²) in [5.74, 6) is 0. The quantitative estimate of drug-likeness (QED) is 0.915. The van der Waals surface area contributed by atoms with Crippen LogP contribution in [0, 0.1) is 0 Å². The van der Waals surface area contributed by atoms with Crippen molar-refractivity contribution in [1.82, 2.24) is 0 Å². The highest BCUT2D eigenvalue weighted by Gasteiger charge is 2.32. The number of nitrogens with two attached hydrogens (primary N) is 1. The number of nitrogens with zero attached hydrogens (tertiary/aromatic N) is 1. The van der Waals surface area contributed by atoms with Gasteiger partial charge in [-0.2, -0.15) is 13.2 Å². The molecule has 0 amide bonds. The maximum absolute atomic E-state index is 12.6. The lowest BCUT2D eigenvalue weighted by molar-refractivity contribution is -0.120. The van der Waals surface area contributed by atoms with Crippen molar-refractivity contribution in [3.63, 3.8) is 0 Å². The van der Waals surface area contributed by atoms with E-state index in [9.17, 15) is 13.2 Å². The minimum absolute atomic E-state index is 0.212. The van der Waals surface area contributed by atoms with Crippen molar-refractivity contribution in [2.75, 3.05) is 11.4 Å². The van der Waals surface area contributed by atoms with Gasteiger partial charge >= 0.3 is 6.18 Å². The lowest BCUT2D eigenvalue weighted by Gasteiger charge is -2.31. The molecule has 0 radical (unpaired) electrons. The van der Waals surface area contributed by atoms with Crippen LogP contribution in [-0.4, -0.2) is 18.8 Å². The molecule has 0 aliphatic rings. The third kappa shape index (κ3) is 4.17. The number of rotatable bonds is 4. The first kappa shape index (κ1) is 15.3. The van der Waals surface area contributed by atoms with Crippen LogP contribution in [0.2, 0.25) is 0 Å². The molecule has 0 fully saturated rings. The Morgan fingerprint density at radius 1 is 1.33 bits per heavy atom. The minimum atomic E-state index is -4.24. The van der Waals surface area contributed by atoms with E-state index < -0.39 is 12.7 Å². The van der Waals surface area contributed by atoms with Gasteiger partial charge in [-0.15, -0.1) is 0 Å². The summed E-state index contributed by atoms with van der Waals surface area (Å²) in [6.45, 7) is 2.69. The molecular weight excluding hydrogens is 309 g/mol. The number of benzene rings is 1. The van der Waals surface area contributed by atoms with E-state index in [1.807, 2.05) is 0 Å². The van der Waals surface area contributed by atoms with E-state index in [-0.39, 0.29) is 12.6 Å². The fraction of sp³-hybridized carbons (Fsp3) is 0.500. The van der Waals surface area contributed by atoms with E-state index in [2.05, 4.69) is 15.9 Å². The van der Waals surface area contributed by atoms with Crippen LogP contribution in [0.5, 0.6) is 0 Å². The zero-order valence-corrected chi connectivity index (χ0v) is 11.8. The molecule has 6 heteroatoms. The average molecular weight is 325 g/mol. The smallest absolute Gasteiger partial charge is 0.360 e. The molecule has 1 rings (SSSR count). The lowest BCUT2D eigenvalue weighted by atomic mass is 10.1. The van der Waals surface area contributed by atoms with Crippen molar-refractivity contribution >= 4 is 21.6 Å². The highest BCUT2D eigenvalue weighted by atomic mass is 79.9. The normalized spacial score (nSPS) is 12.0. The topological polar surface area (TPSA) is 29.3 Å². The molecule has 0 aliphatic heterocycles. The van der Waals surface area contributed by atoms with E-state index >= 15 is 0 Å². The Bertz CT molecular complexity index is 405. The highest BCUT2D eigenvalue weighted by molar-refractivity contribution is 9.10. The summed E-state index contributed by atoms with van der Waals surface area (Å²) >= 11 is 3.27. The Morgan fingerprint density at radius 2 is 1.94 bits per heavy atom. The number of halogens is 4. The molecule has 0 atom stereocenters. The SMILES string of the molecule is CC(C)N(CC(F)(F)F)c1cc(Br)ccc1CN. The molecule has 0 saturated heterocycles. The molecule has 1 aromatic rings. The van der Waals surface area contributed by atoms with Gasteiger partial charge in [0.2, 0.25) is 0 Å². The van der Waals surface area contributed by atoms with Gasteiger partial charge in [0.05, 0.1) is 0 Å². The number of anilines is 1. The molecule has 2 N–H and O–H groups in total. The molecule has 0 unspecified atom stereocenters. The molecule has 2 nitrogen and oxygen atoms in total. The Hall–Kier alpha value is -0.750. The Labute approximate surface area is 113 Å². The maximum atomic E-state index is 12.6. The van der Waals surface area contributed by atoms with E-state index in [0.29, 0.717) is 11.3 Å². The van der Waals surface area contributed by atoms with Crippen molar-refractivity contribution in [1.29, 1.82) is 0 Å². The zero-order valence-electron chi connectivity index (χ0n) is 10.3. The predicted octanol–water partition coefficient (Wildman–Crippen LogP) is 3.68. The largest absolute Gasteiger partial charge is 0.405 e. The summed E-state index contributed by atoms with van der Waals surface area (Å²) in [5, 5.41) is 0. The van der Waals surface area contributed by atoms with Crippen molar-refractivity contribution in [3.05, 3.63) is 28.2 Å². The summed E-state index contributed by atoms with van der Waals surface area (Å²) in [4.78, 5) is 1.31. The Kier molecular flexibility index (Phi) is 5.04. The molecular formula is C12H16BrF3N2. The van der Waals surface area contributed by atoms with Gasteiger partial charge in [-0.1, -0.05) is 22.0 Å². The zero-order chi connectivity index (χ0) is 13.9. The Balaban J connectivity index is 3.16. The van der Waals surface area contributed by atoms with Crippen molar-refractivity contribution in [2.45, 2.75) is 32.6 Å². The van der Waals surface area contributed by atoms with Gasteiger partial charge < -0.3 is 10.6 Å². The van der Waals surface area contributed by atoms with Crippen LogP contribution < -0.4 is 10.6 Å². The molecule has 0 heterocycles. The first-order valence-corrected chi connectivity index (χ1v) is 6.36. The van der Waals surface area contributed by atoms with E-state index in [1.165, 1.54) is 4.90 Å². The summed E-state index contributed by atoms with van der Waals surface area (Å²) in [6.07, 6.45) is -4.24. The summed E-state index contributed by atoms with van der Waals surface area (Å²) < 4.78 is 38.5. The van der Waals surface area contributed by atoms with Gasteiger partial charge in [0.1, 0.15) is 6.54 Å². The minimum Gasteiger partial charge on any atom is -0.360 e. The first-order chi connectivity index (χ1) is 8.24. The van der Waals surface area contributed by atoms with Gasteiger partial charge in [0.25, 0.3) is 0 Å². The van der Waals surface area contributed by atoms with Crippen LogP contribution in [-0.2, 0) is 6.54 Å². The van der Waals surface area contributed by atoms with Crippen molar-refractivity contribution in [2.24, 2.45) is 5.73 Å². The second-order valence-electron chi connectivity index (χ2n) is 4.31. The summed E-state index contributed by atoms with van der Waals surface area (Å²) in [7, 11) is 0. The second-order valence-corrected chi connectivity index (χ2v) is 5.23. The summed E-state index contributed by atoms with van der Waals surface area (Å²) in [5.41, 5.74) is 6.81. The van der Waals surface area contributed by atoms with Crippen molar-refractivity contribution in [3.8, 4) is 0 Å². The summed E-state index contributed by atoms with van der Waals surface area (Å²) in [6, 6.07) is 4.93. The molecule has 0 spiro atoms. The van der Waals surface area contributed by atoms with Gasteiger partial charge in [0, 0.05) is 22.7 Å². The monoisotopic (exact) mass is 324 g/mol. The van der Waals surface area contributed by atoms with Crippen LogP contribution in [0.4, 0.5) is 18.9 Å². The third-order valence-electron chi connectivity index (χ3n) is 2.55. The Morgan fingerprint density at radius 3 is 2.39 bits per heavy atom. The van der Waals surface area contributed by atoms with Crippen LogP contribution in [0.15, 0.2) is 22.7 Å². The standard InChI is InChI=1S/C12H16BrF3N2/c1-8(2)18(7-12(14,15)16)11-5-10(13)4-3-9(11)6-17/h3-5,8H,6-7,17H2,1-2H3. The van der Waals surface area contributed by atoms with Gasteiger partial charge in [0.15, 0.2) is 0 Å². The van der Waals surface area contributed by atoms with Crippen LogP contribution in [0.3, 0.4) is 0 Å². The number of hydrogen-bond acceptors (Lipinski definition) is 2. The van der Waals surface area contributed by atoms with Crippen LogP contribution >= 0.6 is 15.9 Å². The predicted molar refractivity (Wildman–Crippen MR) is 70.6 cm³/mol. The number of alkyl halides is 3. The number of hydrogen-bond donors (Lipinski definition) is 1. The fourth-order valence-corrected chi connectivity index (χ4v) is 2.07. The van der Waals surface area contributed by atoms with Gasteiger partial charge in [-0.25, -0.2) is 0 Å². The third-order valence-corrected chi connectivity index (χ3v) is 3.04. The molecule has 18 heavy (non-hydrogen) atoms. The molecule has 0 aromatic heterocycles. The first-order valence-electron chi connectivity index (χ1n) is 5.56. The molecule has 1 aromatic carbocycles. The highest BCUT2D eigenvalue weighted by Crippen LogP contribution is 2.29. The van der Waals surface area contributed by atoms with Crippen molar-refractivity contribution < 1.29 is 13.2 Å². The van der Waals surface area contributed by atoms with Crippen LogP contribution in [0.1, 0.15) is 19.4 Å². The molecule has 0 bridgehead atoms. The average Bonchev–Trinajstić information content (AvgIpc) is 2.24.